The van der Waals surface area contributed by atoms with Crippen molar-refractivity contribution in [2.24, 2.45) is 0 Å². The Bertz CT molecular complexity index is 501. The average Bonchev–Trinajstić information content (AvgIpc) is 2.14. The summed E-state index contributed by atoms with van der Waals surface area (Å²) in [6, 6.07) is 10.7. The Morgan fingerprint density at radius 1 is 1.13 bits per heavy atom. The standard InChI is InChI=1S/C13H14N2/c1-10-3-4-11-5-6-13(14-12(11)9-10)15-7-2-8-15/h3-6,9H,2,7-8H2,1H3. The van der Waals surface area contributed by atoms with Crippen molar-refractivity contribution in [2.45, 2.75) is 13.3 Å². The molecule has 0 aliphatic carbocycles. The van der Waals surface area contributed by atoms with Crippen LogP contribution in [0, 0.1) is 6.92 Å². The lowest BCUT2D eigenvalue weighted by molar-refractivity contribution is 0.611. The smallest absolute Gasteiger partial charge is 0.129 e. The van der Waals surface area contributed by atoms with Crippen molar-refractivity contribution in [2.75, 3.05) is 18.0 Å². The van der Waals surface area contributed by atoms with Crippen LogP contribution < -0.4 is 4.90 Å². The zero-order valence-electron chi connectivity index (χ0n) is 8.90. The molecule has 0 saturated carbocycles. The van der Waals surface area contributed by atoms with Crippen molar-refractivity contribution in [3.05, 3.63) is 35.9 Å². The molecule has 1 saturated heterocycles. The number of fused-ring (bicyclic) bond motifs is 1. The normalized spacial score (nSPS) is 15.4. The molecule has 1 aromatic heterocycles. The van der Waals surface area contributed by atoms with Gasteiger partial charge in [0.05, 0.1) is 5.52 Å². The largest absolute Gasteiger partial charge is 0.356 e. The second kappa shape index (κ2) is 3.23. The van der Waals surface area contributed by atoms with Crippen molar-refractivity contribution in [3.8, 4) is 0 Å². The van der Waals surface area contributed by atoms with Crippen LogP contribution in [0.4, 0.5) is 5.82 Å². The van der Waals surface area contributed by atoms with Crippen molar-refractivity contribution in [1.82, 2.24) is 4.98 Å². The van der Waals surface area contributed by atoms with Gasteiger partial charge in [-0.2, -0.15) is 0 Å². The Kier molecular flexibility index (Phi) is 1.88. The van der Waals surface area contributed by atoms with Crippen LogP contribution in [0.1, 0.15) is 12.0 Å². The highest BCUT2D eigenvalue weighted by molar-refractivity contribution is 5.81. The molecule has 2 heteroatoms. The predicted octanol–water partition coefficient (Wildman–Crippen LogP) is 2.75. The quantitative estimate of drug-likeness (QED) is 0.700. The monoisotopic (exact) mass is 198 g/mol. The molecule has 1 aliphatic heterocycles. The van der Waals surface area contributed by atoms with Gasteiger partial charge in [-0.25, -0.2) is 4.98 Å². The van der Waals surface area contributed by atoms with Crippen LogP contribution in [0.3, 0.4) is 0 Å². The molecule has 1 fully saturated rings. The summed E-state index contributed by atoms with van der Waals surface area (Å²) in [5, 5.41) is 1.23. The average molecular weight is 198 g/mol. The molecule has 2 nitrogen and oxygen atoms in total. The van der Waals surface area contributed by atoms with Crippen molar-refractivity contribution < 1.29 is 0 Å². The number of hydrogen-bond donors (Lipinski definition) is 0. The minimum Gasteiger partial charge on any atom is -0.356 e. The molecule has 2 aromatic rings. The van der Waals surface area contributed by atoms with Gasteiger partial charge in [-0.3, -0.25) is 0 Å². The lowest BCUT2D eigenvalue weighted by Gasteiger charge is -2.32. The van der Waals surface area contributed by atoms with Gasteiger partial charge in [0.15, 0.2) is 0 Å². The molecular weight excluding hydrogens is 184 g/mol. The highest BCUT2D eigenvalue weighted by atomic mass is 15.2. The number of rotatable bonds is 1. The maximum Gasteiger partial charge on any atom is 0.129 e. The topological polar surface area (TPSA) is 16.1 Å². The molecule has 2 heterocycles. The first kappa shape index (κ1) is 8.72. The third-order valence-electron chi connectivity index (χ3n) is 3.01. The maximum atomic E-state index is 4.68. The molecule has 1 aliphatic rings. The predicted molar refractivity (Wildman–Crippen MR) is 63.3 cm³/mol. The van der Waals surface area contributed by atoms with E-state index in [2.05, 4.69) is 47.1 Å². The summed E-state index contributed by atoms with van der Waals surface area (Å²) in [5.41, 5.74) is 2.38. The Morgan fingerprint density at radius 2 is 1.93 bits per heavy atom. The molecule has 0 spiro atoms. The molecule has 0 atom stereocenters. The van der Waals surface area contributed by atoms with Gasteiger partial charge in [0.2, 0.25) is 0 Å². The van der Waals surface area contributed by atoms with Crippen LogP contribution >= 0.6 is 0 Å². The second-order valence-electron chi connectivity index (χ2n) is 4.21. The summed E-state index contributed by atoms with van der Waals surface area (Å²) < 4.78 is 0. The first-order chi connectivity index (χ1) is 7.33. The van der Waals surface area contributed by atoms with Gasteiger partial charge in [-0.1, -0.05) is 12.1 Å². The van der Waals surface area contributed by atoms with E-state index in [9.17, 15) is 0 Å². The Hall–Kier alpha value is -1.57. The van der Waals surface area contributed by atoms with E-state index in [0.717, 1.165) is 24.4 Å². The summed E-state index contributed by atoms with van der Waals surface area (Å²) in [6.45, 7) is 4.42. The molecule has 76 valence electrons. The first-order valence-corrected chi connectivity index (χ1v) is 5.45. The van der Waals surface area contributed by atoms with E-state index in [1.165, 1.54) is 17.4 Å². The fourth-order valence-electron chi connectivity index (χ4n) is 1.94. The van der Waals surface area contributed by atoms with Crippen LogP contribution in [0.25, 0.3) is 10.9 Å². The van der Waals surface area contributed by atoms with E-state index < -0.39 is 0 Å². The van der Waals surface area contributed by atoms with Gasteiger partial charge in [0.25, 0.3) is 0 Å². The lowest BCUT2D eigenvalue weighted by Crippen LogP contribution is -2.37. The number of aryl methyl sites for hydroxylation is 1. The molecular formula is C13H14N2. The number of anilines is 1. The molecule has 3 rings (SSSR count). The van der Waals surface area contributed by atoms with E-state index in [-0.39, 0.29) is 0 Å². The number of aromatic nitrogens is 1. The van der Waals surface area contributed by atoms with E-state index in [4.69, 9.17) is 0 Å². The fraction of sp³-hybridized carbons (Fsp3) is 0.308. The third kappa shape index (κ3) is 1.46. The summed E-state index contributed by atoms with van der Waals surface area (Å²) in [7, 11) is 0. The molecule has 0 bridgehead atoms. The fourth-order valence-corrected chi connectivity index (χ4v) is 1.94. The van der Waals surface area contributed by atoms with Gasteiger partial charge < -0.3 is 4.90 Å². The van der Waals surface area contributed by atoms with Gasteiger partial charge >= 0.3 is 0 Å². The lowest BCUT2D eigenvalue weighted by atomic mass is 10.1. The summed E-state index contributed by atoms with van der Waals surface area (Å²) in [4.78, 5) is 7.01. The third-order valence-corrected chi connectivity index (χ3v) is 3.01. The van der Waals surface area contributed by atoms with Crippen LogP contribution in [-0.4, -0.2) is 18.1 Å². The zero-order chi connectivity index (χ0) is 10.3. The molecule has 15 heavy (non-hydrogen) atoms. The van der Waals surface area contributed by atoms with E-state index >= 15 is 0 Å². The number of nitrogens with zero attached hydrogens (tertiary/aromatic N) is 2. The molecule has 1 aromatic carbocycles. The Balaban J connectivity index is 2.11. The molecule has 0 unspecified atom stereocenters. The molecule has 0 radical (unpaired) electrons. The van der Waals surface area contributed by atoms with Crippen LogP contribution in [0.2, 0.25) is 0 Å². The minimum atomic E-state index is 1.11. The van der Waals surface area contributed by atoms with Crippen LogP contribution in [0.15, 0.2) is 30.3 Å². The summed E-state index contributed by atoms with van der Waals surface area (Å²) >= 11 is 0. The first-order valence-electron chi connectivity index (χ1n) is 5.45. The van der Waals surface area contributed by atoms with Crippen molar-refractivity contribution >= 4 is 16.7 Å². The molecule has 0 amide bonds. The van der Waals surface area contributed by atoms with Gasteiger partial charge in [0.1, 0.15) is 5.82 Å². The Morgan fingerprint density at radius 3 is 2.67 bits per heavy atom. The second-order valence-corrected chi connectivity index (χ2v) is 4.21. The van der Waals surface area contributed by atoms with Gasteiger partial charge in [0, 0.05) is 18.5 Å². The van der Waals surface area contributed by atoms with E-state index in [0.29, 0.717) is 0 Å². The van der Waals surface area contributed by atoms with E-state index in [1.807, 2.05) is 0 Å². The summed E-state index contributed by atoms with van der Waals surface area (Å²) in [5.74, 6) is 1.12. The number of hydrogen-bond acceptors (Lipinski definition) is 2. The number of benzene rings is 1. The van der Waals surface area contributed by atoms with Crippen LogP contribution in [-0.2, 0) is 0 Å². The van der Waals surface area contributed by atoms with Crippen LogP contribution in [0.5, 0.6) is 0 Å². The van der Waals surface area contributed by atoms with Crippen molar-refractivity contribution in [3.63, 3.8) is 0 Å². The maximum absolute atomic E-state index is 4.68. The Labute approximate surface area is 89.5 Å². The van der Waals surface area contributed by atoms with Gasteiger partial charge in [-0.15, -0.1) is 0 Å². The SMILES string of the molecule is Cc1ccc2ccc(N3CCC3)nc2c1. The highest BCUT2D eigenvalue weighted by Gasteiger charge is 2.15. The van der Waals surface area contributed by atoms with Crippen molar-refractivity contribution in [1.29, 1.82) is 0 Å². The van der Waals surface area contributed by atoms with Gasteiger partial charge in [-0.05, 0) is 37.1 Å². The minimum absolute atomic E-state index is 1.11. The van der Waals surface area contributed by atoms with E-state index in [1.54, 1.807) is 0 Å². The molecule has 0 N–H and O–H groups in total. The summed E-state index contributed by atoms with van der Waals surface area (Å²) in [6.07, 6.45) is 1.30. The highest BCUT2D eigenvalue weighted by Crippen LogP contribution is 2.22. The number of pyridine rings is 1. The zero-order valence-corrected chi connectivity index (χ0v) is 8.90.